The SMILES string of the molecule is CC(C)(C)OC(=O)N1CCN(CCN)CC1.CC(C)(C)OC(=O)N1CCN(CCN2C(=O)C=CC2=O)CC1. The standard InChI is InChI=1S/C15H23N3O4.C11H23N3O2/c1-15(2,3)22-14(21)17-9-6-16(7-10-17)8-11-18-12(19)4-5-13(18)20;1-11(2,3)16-10(15)14-8-6-13(5-4-12)7-9-14/h4-5H,6-11H2,1-3H3;4-9,12H2,1-3H3. The fourth-order valence-corrected chi connectivity index (χ4v) is 4.04. The Morgan fingerprint density at radius 3 is 1.39 bits per heavy atom. The molecule has 3 aliphatic rings. The molecular formula is C26H46N6O6. The van der Waals surface area contributed by atoms with Crippen LogP contribution in [-0.2, 0) is 19.1 Å². The molecule has 2 N–H and O–H groups in total. The summed E-state index contributed by atoms with van der Waals surface area (Å²) in [6.45, 7) is 19.6. The Bertz CT molecular complexity index is 831. The van der Waals surface area contributed by atoms with Gasteiger partial charge in [-0.2, -0.15) is 0 Å². The Labute approximate surface area is 226 Å². The number of rotatable bonds is 5. The van der Waals surface area contributed by atoms with Crippen LogP contribution in [0.3, 0.4) is 0 Å². The summed E-state index contributed by atoms with van der Waals surface area (Å²) in [6.07, 6.45) is 2.09. The number of amides is 4. The molecule has 3 heterocycles. The Balaban J connectivity index is 0.000000281. The van der Waals surface area contributed by atoms with Gasteiger partial charge in [0.2, 0.25) is 0 Å². The Kier molecular flexibility index (Phi) is 11.5. The van der Waals surface area contributed by atoms with Gasteiger partial charge in [-0.1, -0.05) is 0 Å². The molecule has 0 aromatic heterocycles. The highest BCUT2D eigenvalue weighted by Crippen LogP contribution is 2.13. The Morgan fingerprint density at radius 1 is 0.684 bits per heavy atom. The zero-order valence-electron chi connectivity index (χ0n) is 23.9. The van der Waals surface area contributed by atoms with Crippen LogP contribution in [-0.4, -0.2) is 138 Å². The lowest BCUT2D eigenvalue weighted by Gasteiger charge is -2.36. The molecular weight excluding hydrogens is 492 g/mol. The number of carbonyl (C=O) groups excluding carboxylic acids is 4. The minimum absolute atomic E-state index is 0.208. The Hall–Kier alpha value is -2.70. The van der Waals surface area contributed by atoms with E-state index in [2.05, 4.69) is 9.80 Å². The summed E-state index contributed by atoms with van der Waals surface area (Å²) < 4.78 is 10.7. The summed E-state index contributed by atoms with van der Waals surface area (Å²) in [6, 6.07) is 0. The lowest BCUT2D eigenvalue weighted by atomic mass is 10.2. The van der Waals surface area contributed by atoms with Crippen LogP contribution in [0.2, 0.25) is 0 Å². The third kappa shape index (κ3) is 11.0. The van der Waals surface area contributed by atoms with E-state index in [1.165, 1.54) is 17.1 Å². The highest BCUT2D eigenvalue weighted by Gasteiger charge is 2.28. The van der Waals surface area contributed by atoms with Crippen LogP contribution in [0, 0.1) is 0 Å². The van der Waals surface area contributed by atoms with Crippen LogP contribution in [0.1, 0.15) is 41.5 Å². The summed E-state index contributed by atoms with van der Waals surface area (Å²) in [7, 11) is 0. The molecule has 216 valence electrons. The number of piperazine rings is 2. The number of hydrogen-bond donors (Lipinski definition) is 1. The van der Waals surface area contributed by atoms with Gasteiger partial charge in [0.1, 0.15) is 11.2 Å². The van der Waals surface area contributed by atoms with Crippen molar-refractivity contribution in [3.05, 3.63) is 12.2 Å². The number of nitrogens with two attached hydrogens (primary N) is 1. The zero-order valence-corrected chi connectivity index (χ0v) is 23.9. The van der Waals surface area contributed by atoms with Gasteiger partial charge in [-0.3, -0.25) is 24.3 Å². The van der Waals surface area contributed by atoms with Crippen LogP contribution in [0.15, 0.2) is 12.2 Å². The summed E-state index contributed by atoms with van der Waals surface area (Å²) in [5, 5.41) is 0. The minimum atomic E-state index is -0.488. The quantitative estimate of drug-likeness (QED) is 0.509. The van der Waals surface area contributed by atoms with Gasteiger partial charge >= 0.3 is 12.2 Å². The van der Waals surface area contributed by atoms with E-state index < -0.39 is 11.2 Å². The van der Waals surface area contributed by atoms with Gasteiger partial charge in [0.15, 0.2) is 0 Å². The molecule has 12 heteroatoms. The second kappa shape index (κ2) is 13.9. The van der Waals surface area contributed by atoms with Gasteiger partial charge in [-0.05, 0) is 41.5 Å². The van der Waals surface area contributed by atoms with E-state index in [9.17, 15) is 19.2 Å². The summed E-state index contributed by atoms with van der Waals surface area (Å²) in [4.78, 5) is 55.7. The van der Waals surface area contributed by atoms with Crippen molar-refractivity contribution in [1.82, 2.24) is 24.5 Å². The van der Waals surface area contributed by atoms with Crippen LogP contribution in [0.4, 0.5) is 9.59 Å². The predicted molar refractivity (Wildman–Crippen MR) is 143 cm³/mol. The third-order valence-corrected chi connectivity index (χ3v) is 6.03. The number of carbonyl (C=O) groups is 4. The van der Waals surface area contributed by atoms with E-state index in [1.807, 2.05) is 41.5 Å². The van der Waals surface area contributed by atoms with Crippen molar-refractivity contribution in [2.75, 3.05) is 78.5 Å². The van der Waals surface area contributed by atoms with Crippen molar-refractivity contribution < 1.29 is 28.7 Å². The van der Waals surface area contributed by atoms with E-state index in [4.69, 9.17) is 15.2 Å². The first-order valence-corrected chi connectivity index (χ1v) is 13.3. The summed E-state index contributed by atoms with van der Waals surface area (Å²) in [5.74, 6) is -0.505. The fourth-order valence-electron chi connectivity index (χ4n) is 4.04. The highest BCUT2D eigenvalue weighted by atomic mass is 16.6. The van der Waals surface area contributed by atoms with E-state index in [1.54, 1.807) is 9.80 Å². The number of imide groups is 1. The van der Waals surface area contributed by atoms with Crippen LogP contribution < -0.4 is 5.73 Å². The molecule has 0 atom stereocenters. The van der Waals surface area contributed by atoms with Crippen LogP contribution >= 0.6 is 0 Å². The van der Waals surface area contributed by atoms with Crippen LogP contribution in [0.25, 0.3) is 0 Å². The fraction of sp³-hybridized carbons (Fsp3) is 0.769. The van der Waals surface area contributed by atoms with Gasteiger partial charge in [-0.25, -0.2) is 9.59 Å². The maximum atomic E-state index is 12.0. The molecule has 0 aliphatic carbocycles. The maximum Gasteiger partial charge on any atom is 0.410 e. The van der Waals surface area contributed by atoms with E-state index >= 15 is 0 Å². The Morgan fingerprint density at radius 2 is 1.05 bits per heavy atom. The average molecular weight is 539 g/mol. The first-order chi connectivity index (χ1) is 17.7. The van der Waals surface area contributed by atoms with Gasteiger partial charge < -0.3 is 25.0 Å². The molecule has 0 radical (unpaired) electrons. The van der Waals surface area contributed by atoms with Crippen molar-refractivity contribution in [3.8, 4) is 0 Å². The zero-order chi connectivity index (χ0) is 28.5. The first-order valence-electron chi connectivity index (χ1n) is 13.3. The monoisotopic (exact) mass is 538 g/mol. The molecule has 3 aliphatic heterocycles. The van der Waals surface area contributed by atoms with Crippen molar-refractivity contribution in [1.29, 1.82) is 0 Å². The lowest BCUT2D eigenvalue weighted by molar-refractivity contribution is -0.137. The molecule has 0 aromatic carbocycles. The topological polar surface area (TPSA) is 129 Å². The molecule has 0 aromatic rings. The number of nitrogens with zero attached hydrogens (tertiary/aromatic N) is 5. The van der Waals surface area contributed by atoms with E-state index in [0.717, 1.165) is 32.7 Å². The van der Waals surface area contributed by atoms with E-state index in [-0.39, 0.29) is 24.0 Å². The summed E-state index contributed by atoms with van der Waals surface area (Å²) >= 11 is 0. The minimum Gasteiger partial charge on any atom is -0.444 e. The third-order valence-electron chi connectivity index (χ3n) is 6.03. The van der Waals surface area contributed by atoms with Crippen molar-refractivity contribution >= 4 is 24.0 Å². The lowest BCUT2D eigenvalue weighted by Crippen LogP contribution is -2.51. The molecule has 12 nitrogen and oxygen atoms in total. The van der Waals surface area contributed by atoms with Gasteiger partial charge in [0.05, 0.1) is 0 Å². The second-order valence-corrected chi connectivity index (χ2v) is 11.6. The molecule has 4 amide bonds. The van der Waals surface area contributed by atoms with Crippen molar-refractivity contribution in [2.24, 2.45) is 5.73 Å². The van der Waals surface area contributed by atoms with Crippen LogP contribution in [0.5, 0.6) is 0 Å². The van der Waals surface area contributed by atoms with E-state index in [0.29, 0.717) is 45.8 Å². The molecule has 0 saturated carbocycles. The van der Waals surface area contributed by atoms with Gasteiger partial charge in [-0.15, -0.1) is 0 Å². The highest BCUT2D eigenvalue weighted by molar-refractivity contribution is 6.12. The smallest absolute Gasteiger partial charge is 0.410 e. The van der Waals surface area contributed by atoms with Crippen molar-refractivity contribution in [3.63, 3.8) is 0 Å². The molecule has 0 bridgehead atoms. The van der Waals surface area contributed by atoms with Gasteiger partial charge in [0.25, 0.3) is 11.8 Å². The maximum absolute atomic E-state index is 12.0. The first kappa shape index (κ1) is 31.5. The number of hydrogen-bond acceptors (Lipinski definition) is 9. The molecule has 2 saturated heterocycles. The average Bonchev–Trinajstić information content (AvgIpc) is 3.14. The molecule has 38 heavy (non-hydrogen) atoms. The normalized spacial score (nSPS) is 19.4. The molecule has 2 fully saturated rings. The predicted octanol–water partition coefficient (Wildman–Crippen LogP) is 0.962. The largest absolute Gasteiger partial charge is 0.444 e. The van der Waals surface area contributed by atoms with Crippen molar-refractivity contribution in [2.45, 2.75) is 52.7 Å². The molecule has 0 spiro atoms. The van der Waals surface area contributed by atoms with Gasteiger partial charge in [0, 0.05) is 90.7 Å². The molecule has 3 rings (SSSR count). The number of ether oxygens (including phenoxy) is 2. The molecule has 0 unspecified atom stereocenters. The second-order valence-electron chi connectivity index (χ2n) is 11.6. The summed E-state index contributed by atoms with van der Waals surface area (Å²) in [5.41, 5.74) is 4.59.